The van der Waals surface area contributed by atoms with Gasteiger partial charge >= 0.3 is 5.97 Å². The van der Waals surface area contributed by atoms with Crippen LogP contribution >= 0.6 is 0 Å². The summed E-state index contributed by atoms with van der Waals surface area (Å²) in [5, 5.41) is 103. The number of rotatable bonds is 9. The smallest absolute Gasteiger partial charge is 0.330 e. The molecule has 2 fully saturated rings. The van der Waals surface area contributed by atoms with Crippen molar-refractivity contribution in [2.45, 2.75) is 80.5 Å². The van der Waals surface area contributed by atoms with Gasteiger partial charge in [-0.05, 0) is 48.9 Å². The van der Waals surface area contributed by atoms with Crippen molar-refractivity contribution in [3.8, 4) is 34.3 Å². The second-order valence-corrected chi connectivity index (χ2v) is 13.0. The van der Waals surface area contributed by atoms with E-state index in [1.54, 1.807) is 0 Å². The third-order valence-electron chi connectivity index (χ3n) is 9.01. The van der Waals surface area contributed by atoms with Crippen LogP contribution in [0.5, 0.6) is 23.0 Å². The molecule has 3 aliphatic rings. The highest BCUT2D eigenvalue weighted by Crippen LogP contribution is 2.38. The van der Waals surface area contributed by atoms with Gasteiger partial charge in [-0.2, -0.15) is 0 Å². The summed E-state index contributed by atoms with van der Waals surface area (Å²) in [6.45, 7) is 0.701. The molecule has 10 atom stereocenters. The lowest BCUT2D eigenvalue weighted by molar-refractivity contribution is -0.355. The number of phenols is 3. The van der Waals surface area contributed by atoms with Gasteiger partial charge in [0.15, 0.2) is 23.9 Å². The van der Waals surface area contributed by atoms with Crippen LogP contribution in [-0.4, -0.2) is 131 Å². The summed E-state index contributed by atoms with van der Waals surface area (Å²) in [4.78, 5) is 26.3. The van der Waals surface area contributed by atoms with Crippen LogP contribution in [0.1, 0.15) is 13.3 Å². The number of benzene rings is 2. The molecule has 2 aliphatic heterocycles. The number of aliphatic hydroxyl groups is 7. The zero-order valence-electron chi connectivity index (χ0n) is 28.3. The second kappa shape index (κ2) is 15.5. The first-order chi connectivity index (χ1) is 25.5. The summed E-state index contributed by atoms with van der Waals surface area (Å²) < 4.78 is 34.3. The van der Waals surface area contributed by atoms with Crippen LogP contribution in [0.3, 0.4) is 0 Å². The van der Waals surface area contributed by atoms with Crippen LogP contribution in [0.15, 0.2) is 81.6 Å². The number of aliphatic hydroxyl groups excluding tert-OH is 5. The summed E-state index contributed by atoms with van der Waals surface area (Å²) in [5.41, 5.74) is -0.571. The van der Waals surface area contributed by atoms with Crippen LogP contribution in [0.2, 0.25) is 0 Å². The van der Waals surface area contributed by atoms with E-state index in [2.05, 4.69) is 0 Å². The van der Waals surface area contributed by atoms with Crippen molar-refractivity contribution in [2.24, 2.45) is 0 Å². The minimum Gasteiger partial charge on any atom is -0.508 e. The predicted molar refractivity (Wildman–Crippen MR) is 181 cm³/mol. The van der Waals surface area contributed by atoms with Crippen LogP contribution in [0, 0.1) is 0 Å². The topological polar surface area (TPSA) is 296 Å². The Morgan fingerprint density at radius 1 is 0.907 bits per heavy atom. The number of fused-ring (bicyclic) bond motifs is 1. The van der Waals surface area contributed by atoms with E-state index in [0.29, 0.717) is 5.57 Å². The van der Waals surface area contributed by atoms with Gasteiger partial charge in [-0.3, -0.25) is 4.79 Å². The van der Waals surface area contributed by atoms with Crippen molar-refractivity contribution in [2.75, 3.05) is 6.61 Å². The Kier molecular flexibility index (Phi) is 11.1. The molecule has 0 radical (unpaired) electrons. The minimum atomic E-state index is -2.00. The lowest BCUT2D eigenvalue weighted by Gasteiger charge is -2.45. The summed E-state index contributed by atoms with van der Waals surface area (Å²) in [7, 11) is 0. The number of carbonyl (C=O) groups is 1. The van der Waals surface area contributed by atoms with E-state index in [9.17, 15) is 60.7 Å². The molecular formula is C36H38O18. The van der Waals surface area contributed by atoms with E-state index in [1.807, 2.05) is 0 Å². The number of esters is 1. The van der Waals surface area contributed by atoms with Gasteiger partial charge in [0.2, 0.25) is 17.5 Å². The molecule has 6 rings (SSSR count). The van der Waals surface area contributed by atoms with E-state index < -0.39 is 108 Å². The number of hydrogen-bond donors (Lipinski definition) is 10. The molecule has 0 saturated carbocycles. The van der Waals surface area contributed by atoms with E-state index >= 15 is 0 Å². The van der Waals surface area contributed by atoms with Gasteiger partial charge in [0, 0.05) is 30.2 Å². The van der Waals surface area contributed by atoms with Gasteiger partial charge in [0.25, 0.3) is 0 Å². The molecule has 3 aromatic rings. The number of carbonyl (C=O) groups excluding carboxylic acids is 1. The lowest BCUT2D eigenvalue weighted by atomic mass is 9.97. The molecule has 1 aliphatic carbocycles. The van der Waals surface area contributed by atoms with Crippen LogP contribution < -0.4 is 10.2 Å². The van der Waals surface area contributed by atoms with Crippen molar-refractivity contribution in [3.63, 3.8) is 0 Å². The van der Waals surface area contributed by atoms with Crippen molar-refractivity contribution >= 4 is 16.9 Å². The Bertz CT molecular complexity index is 2000. The number of phenolic OH excluding ortho intramolecular Hbond substituents is 3. The predicted octanol–water partition coefficient (Wildman–Crippen LogP) is -0.718. The molecular weight excluding hydrogens is 720 g/mol. The monoisotopic (exact) mass is 758 g/mol. The molecule has 290 valence electrons. The molecule has 0 amide bonds. The van der Waals surface area contributed by atoms with E-state index in [1.165, 1.54) is 49.4 Å². The SMILES string of the molecule is C[C@@H]1OC(Oc2c(-c3ccc(O)cc3)oc3cc(O)cc(O)c3c2=O)[C@H](OC2O[C@H](COC(=O)/C=C/C3=CCC(O)(O)C=C3)[C@@H](O)[C@H](O)[C@H]2O)[C@H](O)[C@H]1O. The van der Waals surface area contributed by atoms with E-state index in [-0.39, 0.29) is 29.1 Å². The Morgan fingerprint density at radius 2 is 1.63 bits per heavy atom. The fraction of sp³-hybridized carbons (Fsp3) is 0.389. The van der Waals surface area contributed by atoms with Crippen molar-refractivity contribution in [1.82, 2.24) is 0 Å². The third-order valence-corrected chi connectivity index (χ3v) is 9.01. The number of ether oxygens (including phenoxy) is 5. The fourth-order valence-corrected chi connectivity index (χ4v) is 5.99. The average molecular weight is 759 g/mol. The third kappa shape index (κ3) is 8.12. The number of allylic oxidation sites excluding steroid dienone is 3. The first-order valence-electron chi connectivity index (χ1n) is 16.6. The summed E-state index contributed by atoms with van der Waals surface area (Å²) >= 11 is 0. The van der Waals surface area contributed by atoms with Crippen molar-refractivity contribution in [3.05, 3.63) is 82.6 Å². The maximum absolute atomic E-state index is 13.9. The summed E-state index contributed by atoms with van der Waals surface area (Å²) in [6, 6.07) is 7.27. The average Bonchev–Trinajstić information content (AvgIpc) is 3.12. The van der Waals surface area contributed by atoms with Crippen molar-refractivity contribution < 1.29 is 84.0 Å². The molecule has 2 unspecified atom stereocenters. The Balaban J connectivity index is 1.25. The van der Waals surface area contributed by atoms with Gasteiger partial charge in [-0.25, -0.2) is 4.79 Å². The minimum absolute atomic E-state index is 0.116. The van der Waals surface area contributed by atoms with Gasteiger partial charge in [0.05, 0.1) is 6.10 Å². The highest BCUT2D eigenvalue weighted by Gasteiger charge is 2.51. The van der Waals surface area contributed by atoms with Crippen LogP contribution in [0.25, 0.3) is 22.3 Å². The first-order valence-corrected chi connectivity index (χ1v) is 16.6. The van der Waals surface area contributed by atoms with Gasteiger partial charge < -0.3 is 79.2 Å². The standard InChI is InChI=1S/C36H38O18/c1-15-25(41)29(45)33(54-34-30(46)28(44)26(42)22(52-34)14-49-23(40)7-2-16-8-10-36(47,48)11-9-16)35(50-15)53-32-27(43)24-20(39)12-19(38)13-21(24)51-31(32)17-3-5-18(37)6-4-17/h2-10,12-13,15,22,25-26,28-30,33-35,37-39,41-42,44-48H,11,14H2,1H3/b7-2+/t15-,22+,25-,26+,28-,29+,30+,33+,34?,35?/m0/s1. The van der Waals surface area contributed by atoms with Gasteiger partial charge in [0.1, 0.15) is 71.4 Å². The number of hydrogen-bond acceptors (Lipinski definition) is 18. The van der Waals surface area contributed by atoms with Crippen LogP contribution in [0.4, 0.5) is 0 Å². The zero-order chi connectivity index (χ0) is 39.1. The highest BCUT2D eigenvalue weighted by atomic mass is 16.8. The van der Waals surface area contributed by atoms with Crippen LogP contribution in [-0.2, 0) is 23.7 Å². The Labute approximate surface area is 304 Å². The quantitative estimate of drug-likeness (QED) is 0.0732. The Morgan fingerprint density at radius 3 is 2.31 bits per heavy atom. The maximum Gasteiger partial charge on any atom is 0.330 e. The normalized spacial score (nSPS) is 31.0. The molecule has 54 heavy (non-hydrogen) atoms. The fourth-order valence-electron chi connectivity index (χ4n) is 5.99. The van der Waals surface area contributed by atoms with Gasteiger partial charge in [-0.15, -0.1) is 0 Å². The lowest BCUT2D eigenvalue weighted by Crippen LogP contribution is -2.64. The largest absolute Gasteiger partial charge is 0.508 e. The molecule has 18 nitrogen and oxygen atoms in total. The summed E-state index contributed by atoms with van der Waals surface area (Å²) in [6.07, 6.45) is -11.2. The second-order valence-electron chi connectivity index (χ2n) is 13.0. The molecule has 2 aromatic carbocycles. The molecule has 0 bridgehead atoms. The first kappa shape index (κ1) is 38.9. The maximum atomic E-state index is 13.9. The number of aromatic hydroxyl groups is 3. The molecule has 18 heteroatoms. The van der Waals surface area contributed by atoms with E-state index in [0.717, 1.165) is 24.3 Å². The summed E-state index contributed by atoms with van der Waals surface area (Å²) in [5.74, 6) is -5.02. The highest BCUT2D eigenvalue weighted by molar-refractivity contribution is 5.88. The molecule has 3 heterocycles. The van der Waals surface area contributed by atoms with Gasteiger partial charge in [-0.1, -0.05) is 12.2 Å². The van der Waals surface area contributed by atoms with E-state index in [4.69, 9.17) is 28.1 Å². The molecule has 2 saturated heterocycles. The Hall–Kier alpha value is -4.86. The molecule has 10 N–H and O–H groups in total. The molecule has 0 spiro atoms. The molecule has 1 aromatic heterocycles. The zero-order valence-corrected chi connectivity index (χ0v) is 28.3. The van der Waals surface area contributed by atoms with Crippen molar-refractivity contribution in [1.29, 1.82) is 0 Å².